The van der Waals surface area contributed by atoms with E-state index >= 15 is 0 Å². The molecule has 0 atom stereocenters. The second-order valence-corrected chi connectivity index (χ2v) is 33.2. The van der Waals surface area contributed by atoms with Crippen molar-refractivity contribution in [1.29, 1.82) is 0 Å². The largest absolute Gasteiger partial charge is 0.311 e. The number of anilines is 9. The van der Waals surface area contributed by atoms with Crippen LogP contribution in [0.4, 0.5) is 51.2 Å². The van der Waals surface area contributed by atoms with Gasteiger partial charge in [0, 0.05) is 54.6 Å². The Morgan fingerprint density at radius 2 is 0.876 bits per heavy atom. The fourth-order valence-corrected chi connectivity index (χ4v) is 17.8. The van der Waals surface area contributed by atoms with Crippen molar-refractivity contribution in [1.82, 2.24) is 0 Å². The molecule has 1 aromatic heterocycles. The molecule has 3 aliphatic carbocycles. The van der Waals surface area contributed by atoms with Crippen LogP contribution in [0.5, 0.6) is 0 Å². The molecular formula is C84H88BN3S. The Kier molecular flexibility index (Phi) is 13.0. The molecule has 5 aliphatic rings. The van der Waals surface area contributed by atoms with E-state index in [9.17, 15) is 0 Å². The predicted octanol–water partition coefficient (Wildman–Crippen LogP) is 22.1. The first-order chi connectivity index (χ1) is 42.2. The molecule has 0 amide bonds. The first-order valence-corrected chi connectivity index (χ1v) is 34.0. The van der Waals surface area contributed by atoms with Crippen molar-refractivity contribution in [3.05, 3.63) is 227 Å². The van der Waals surface area contributed by atoms with Crippen molar-refractivity contribution >= 4 is 95.0 Å². The van der Waals surface area contributed by atoms with E-state index in [0.717, 1.165) is 42.7 Å². The normalized spacial score (nSPS) is 18.5. The summed E-state index contributed by atoms with van der Waals surface area (Å²) in [6, 6.07) is 73.6. The summed E-state index contributed by atoms with van der Waals surface area (Å²) in [6.07, 6.45) is 6.91. The summed E-state index contributed by atoms with van der Waals surface area (Å²) < 4.78 is 2.82. The van der Waals surface area contributed by atoms with Crippen molar-refractivity contribution in [2.24, 2.45) is 0 Å². The monoisotopic (exact) mass is 1180 g/mol. The Morgan fingerprint density at radius 3 is 1.46 bits per heavy atom. The molecule has 0 saturated carbocycles. The third kappa shape index (κ3) is 9.23. The van der Waals surface area contributed by atoms with Crippen molar-refractivity contribution in [2.75, 3.05) is 14.7 Å². The Hall–Kier alpha value is -7.60. The Morgan fingerprint density at radius 1 is 0.393 bits per heavy atom. The van der Waals surface area contributed by atoms with Crippen LogP contribution in [0.15, 0.2) is 188 Å². The first kappa shape index (κ1) is 57.8. The van der Waals surface area contributed by atoms with Crippen LogP contribution in [-0.2, 0) is 37.9 Å². The number of nitrogens with zero attached hydrogens (tertiary/aromatic N) is 3. The van der Waals surface area contributed by atoms with E-state index in [4.69, 9.17) is 0 Å². The van der Waals surface area contributed by atoms with Gasteiger partial charge in [-0.05, 0) is 222 Å². The number of para-hydroxylation sites is 1. The van der Waals surface area contributed by atoms with Crippen LogP contribution in [0.3, 0.4) is 0 Å². The van der Waals surface area contributed by atoms with Crippen molar-refractivity contribution in [2.45, 2.75) is 180 Å². The predicted molar refractivity (Wildman–Crippen MR) is 386 cm³/mol. The van der Waals surface area contributed by atoms with Crippen molar-refractivity contribution in [3.63, 3.8) is 0 Å². The first-order valence-electron chi connectivity index (χ1n) is 33.2. The summed E-state index contributed by atoms with van der Waals surface area (Å²) in [6.45, 7) is 37.0. The van der Waals surface area contributed by atoms with Crippen LogP contribution in [0, 0.1) is 0 Å². The number of thiophene rings is 1. The highest BCUT2D eigenvalue weighted by molar-refractivity contribution is 7.33. The molecule has 0 bridgehead atoms. The molecule has 448 valence electrons. The average molecular weight is 1180 g/mol. The summed E-state index contributed by atoms with van der Waals surface area (Å²) in [5.41, 5.74) is 28.7. The van der Waals surface area contributed by atoms with Gasteiger partial charge in [0.1, 0.15) is 0 Å². The van der Waals surface area contributed by atoms with E-state index in [1.54, 1.807) is 0 Å². The number of benzene rings is 9. The zero-order valence-corrected chi connectivity index (χ0v) is 56.3. The maximum atomic E-state index is 2.79. The number of hydrogen-bond acceptors (Lipinski definition) is 4. The Bertz CT molecular complexity index is 4480. The van der Waals surface area contributed by atoms with Crippen molar-refractivity contribution < 1.29 is 0 Å². The summed E-state index contributed by atoms with van der Waals surface area (Å²) in [5.74, 6) is 0. The molecule has 0 saturated heterocycles. The van der Waals surface area contributed by atoms with E-state index in [1.807, 2.05) is 0 Å². The summed E-state index contributed by atoms with van der Waals surface area (Å²) >= 11 is 2.07. The maximum Gasteiger partial charge on any atom is 0.264 e. The Labute approximate surface area is 536 Å². The standard InChI is InChI=1S/C84H88BN3S/c1-78(2,3)56-33-38-70(61(45-56)55-27-21-17-22-28-55)88-71-51-67-66(82(10,11)42-43-83(67,12)13)50-69(71)85-75-72(47-60(48-73(75)88)86(57-29-23-18-24-30-57)58-34-31-54(32-35-58)53-25-19-16-20-26-53)87(59-36-37-63-64(46-59)80(6,7)40-39-79(63,4)5)76-62-49-65-68(52-74(62)89-77(76)85)84(14,15)44-41-81(65,8)9/h16-38,45-52H,39-44H2,1-15H3. The lowest BCUT2D eigenvalue weighted by Gasteiger charge is -2.48. The highest BCUT2D eigenvalue weighted by atomic mass is 32.1. The average Bonchev–Trinajstić information content (AvgIpc) is 1.69. The van der Waals surface area contributed by atoms with Crippen LogP contribution < -0.4 is 30.4 Å². The van der Waals surface area contributed by atoms with Gasteiger partial charge in [0.05, 0.1) is 17.1 Å². The van der Waals surface area contributed by atoms with E-state index < -0.39 is 0 Å². The van der Waals surface area contributed by atoms with Gasteiger partial charge in [-0.3, -0.25) is 0 Å². The van der Waals surface area contributed by atoms with Gasteiger partial charge in [-0.1, -0.05) is 213 Å². The molecule has 10 aromatic rings. The molecule has 9 aromatic carbocycles. The minimum atomic E-state index is -0.0760. The maximum absolute atomic E-state index is 2.79. The van der Waals surface area contributed by atoms with E-state index in [2.05, 4.69) is 318 Å². The van der Waals surface area contributed by atoms with Gasteiger partial charge in [-0.25, -0.2) is 0 Å². The SMILES string of the molecule is CC(C)(C)c1ccc(N2c3cc4c(cc3B3c5sc6cc7c(cc6c5N(c5ccc6c(c5)C(C)(C)CCC6(C)C)c5cc(N(c6ccccc6)c6ccc(-c8ccccc8)cc6)cc2c53)C(C)(C)CCC7(C)C)C(C)(C)CCC4(C)C)c(-c2ccccc2)c1. The highest BCUT2D eigenvalue weighted by Crippen LogP contribution is 2.58. The zero-order chi connectivity index (χ0) is 62.1. The fourth-order valence-electron chi connectivity index (χ4n) is 16.5. The minimum Gasteiger partial charge on any atom is -0.311 e. The van der Waals surface area contributed by atoms with Crippen LogP contribution in [0.2, 0.25) is 0 Å². The van der Waals surface area contributed by atoms with Crippen LogP contribution >= 0.6 is 11.3 Å². The highest BCUT2D eigenvalue weighted by Gasteiger charge is 2.50. The third-order valence-electron chi connectivity index (χ3n) is 22.4. The smallest absolute Gasteiger partial charge is 0.264 e. The van der Waals surface area contributed by atoms with Crippen LogP contribution in [0.1, 0.15) is 181 Å². The van der Waals surface area contributed by atoms with Gasteiger partial charge in [-0.15, -0.1) is 11.3 Å². The molecule has 0 radical (unpaired) electrons. The van der Waals surface area contributed by atoms with Gasteiger partial charge in [0.25, 0.3) is 6.71 Å². The van der Waals surface area contributed by atoms with Gasteiger partial charge in [0.2, 0.25) is 0 Å². The molecule has 89 heavy (non-hydrogen) atoms. The molecule has 0 spiro atoms. The molecule has 3 heterocycles. The molecular weight excluding hydrogens is 1090 g/mol. The second-order valence-electron chi connectivity index (χ2n) is 32.1. The fraction of sp³-hybridized carbons (Fsp3) is 0.333. The summed E-state index contributed by atoms with van der Waals surface area (Å²) in [7, 11) is 0. The van der Waals surface area contributed by atoms with Gasteiger partial charge >= 0.3 is 0 Å². The third-order valence-corrected chi connectivity index (χ3v) is 23.6. The molecule has 15 rings (SSSR count). The van der Waals surface area contributed by atoms with Crippen LogP contribution in [0.25, 0.3) is 32.3 Å². The molecule has 2 aliphatic heterocycles. The number of rotatable bonds is 7. The summed E-state index contributed by atoms with van der Waals surface area (Å²) in [4.78, 5) is 8.07. The molecule has 0 fully saturated rings. The van der Waals surface area contributed by atoms with E-state index in [1.165, 1.54) is 134 Å². The van der Waals surface area contributed by atoms with Gasteiger partial charge < -0.3 is 14.7 Å². The number of fused-ring (bicyclic) bond motifs is 9. The number of hydrogen-bond donors (Lipinski definition) is 0. The lowest BCUT2D eigenvalue weighted by molar-refractivity contribution is 0.332. The Balaban J connectivity index is 1.12. The zero-order valence-electron chi connectivity index (χ0n) is 55.5. The summed E-state index contributed by atoms with van der Waals surface area (Å²) in [5, 5.41) is 1.37. The minimum absolute atomic E-state index is 0.00677. The second kappa shape index (κ2) is 20.0. The molecule has 0 N–H and O–H groups in total. The lowest BCUT2D eigenvalue weighted by atomic mass is 9.35. The van der Waals surface area contributed by atoms with Gasteiger partial charge in [-0.2, -0.15) is 0 Å². The molecule has 5 heteroatoms. The van der Waals surface area contributed by atoms with E-state index in [0.29, 0.717) is 0 Å². The van der Waals surface area contributed by atoms with Crippen molar-refractivity contribution in [3.8, 4) is 22.3 Å². The topological polar surface area (TPSA) is 9.72 Å². The van der Waals surface area contributed by atoms with Crippen LogP contribution in [-0.4, -0.2) is 6.71 Å². The molecule has 3 nitrogen and oxygen atoms in total. The van der Waals surface area contributed by atoms with E-state index in [-0.39, 0.29) is 44.6 Å². The quantitative estimate of drug-likeness (QED) is 0.147. The molecule has 0 unspecified atom stereocenters. The van der Waals surface area contributed by atoms with Gasteiger partial charge in [0.15, 0.2) is 0 Å². The lowest BCUT2D eigenvalue weighted by Crippen LogP contribution is -2.61.